The molecule has 0 saturated carbocycles. The maximum atomic E-state index is 11.6. The fourth-order valence-electron chi connectivity index (χ4n) is 1.55. The largest absolute Gasteiger partial charge is 0.508 e. The number of phenols is 1. The standard InChI is InChI=1S/C11H14N4O2/c12-6-2-5-10-13-11(17)15(14-10)8-3-1-4-9(16)7-8/h1,3-4,7,16H,2,5-6,12H2,(H,13,14,17). The summed E-state index contributed by atoms with van der Waals surface area (Å²) in [7, 11) is 0. The van der Waals surface area contributed by atoms with Gasteiger partial charge >= 0.3 is 5.69 Å². The van der Waals surface area contributed by atoms with E-state index in [4.69, 9.17) is 5.73 Å². The average Bonchev–Trinajstić information content (AvgIpc) is 2.68. The van der Waals surface area contributed by atoms with Crippen molar-refractivity contribution in [3.8, 4) is 11.4 Å². The van der Waals surface area contributed by atoms with Crippen molar-refractivity contribution in [2.24, 2.45) is 5.73 Å². The van der Waals surface area contributed by atoms with E-state index >= 15 is 0 Å². The zero-order valence-corrected chi connectivity index (χ0v) is 9.26. The number of H-pyrrole nitrogens is 1. The Labute approximate surface area is 97.7 Å². The predicted octanol–water partition coefficient (Wildman–Crippen LogP) is 0.157. The van der Waals surface area contributed by atoms with Crippen LogP contribution in [-0.2, 0) is 6.42 Å². The molecular weight excluding hydrogens is 220 g/mol. The third-order valence-electron chi connectivity index (χ3n) is 2.36. The zero-order valence-electron chi connectivity index (χ0n) is 9.26. The van der Waals surface area contributed by atoms with Gasteiger partial charge in [0.25, 0.3) is 0 Å². The molecule has 0 radical (unpaired) electrons. The Morgan fingerprint density at radius 2 is 2.29 bits per heavy atom. The number of aromatic nitrogens is 3. The van der Waals surface area contributed by atoms with Gasteiger partial charge in [0.05, 0.1) is 5.69 Å². The highest BCUT2D eigenvalue weighted by atomic mass is 16.3. The van der Waals surface area contributed by atoms with Crippen LogP contribution in [0.1, 0.15) is 12.2 Å². The lowest BCUT2D eigenvalue weighted by Crippen LogP contribution is -2.15. The first-order valence-electron chi connectivity index (χ1n) is 5.38. The van der Waals surface area contributed by atoms with Crippen molar-refractivity contribution in [3.05, 3.63) is 40.6 Å². The summed E-state index contributed by atoms with van der Waals surface area (Å²) in [6.45, 7) is 0.557. The Kier molecular flexibility index (Phi) is 3.24. The second-order valence-corrected chi connectivity index (χ2v) is 3.70. The second-order valence-electron chi connectivity index (χ2n) is 3.70. The molecule has 17 heavy (non-hydrogen) atoms. The van der Waals surface area contributed by atoms with Crippen LogP contribution in [0, 0.1) is 0 Å². The molecule has 1 heterocycles. The monoisotopic (exact) mass is 234 g/mol. The lowest BCUT2D eigenvalue weighted by atomic mass is 10.3. The minimum atomic E-state index is -0.317. The number of nitrogens with one attached hydrogen (secondary N) is 1. The van der Waals surface area contributed by atoms with Gasteiger partial charge in [0.1, 0.15) is 11.6 Å². The van der Waals surface area contributed by atoms with Crippen LogP contribution in [-0.4, -0.2) is 26.4 Å². The molecule has 6 heteroatoms. The van der Waals surface area contributed by atoms with Crippen LogP contribution in [0.4, 0.5) is 0 Å². The fourth-order valence-corrected chi connectivity index (χ4v) is 1.55. The van der Waals surface area contributed by atoms with Gasteiger partial charge in [-0.1, -0.05) is 6.07 Å². The van der Waals surface area contributed by atoms with Crippen LogP contribution < -0.4 is 11.4 Å². The van der Waals surface area contributed by atoms with Gasteiger partial charge in [0.15, 0.2) is 0 Å². The van der Waals surface area contributed by atoms with Gasteiger partial charge in [0.2, 0.25) is 0 Å². The molecule has 0 fully saturated rings. The molecule has 1 aromatic carbocycles. The summed E-state index contributed by atoms with van der Waals surface area (Å²) in [6.07, 6.45) is 1.41. The molecule has 0 aliphatic rings. The number of nitrogens with zero attached hydrogens (tertiary/aromatic N) is 2. The molecule has 1 aromatic heterocycles. The van der Waals surface area contributed by atoms with Crippen molar-refractivity contribution in [1.29, 1.82) is 0 Å². The number of benzene rings is 1. The molecule has 2 aromatic rings. The van der Waals surface area contributed by atoms with E-state index in [0.717, 1.165) is 6.42 Å². The van der Waals surface area contributed by atoms with Crippen LogP contribution in [0.2, 0.25) is 0 Å². The zero-order chi connectivity index (χ0) is 12.3. The summed E-state index contributed by atoms with van der Waals surface area (Å²) < 4.78 is 1.23. The summed E-state index contributed by atoms with van der Waals surface area (Å²) >= 11 is 0. The van der Waals surface area contributed by atoms with E-state index in [0.29, 0.717) is 24.5 Å². The number of hydrogen-bond donors (Lipinski definition) is 3. The van der Waals surface area contributed by atoms with Crippen LogP contribution in [0.25, 0.3) is 5.69 Å². The van der Waals surface area contributed by atoms with Crippen LogP contribution in [0.5, 0.6) is 5.75 Å². The summed E-state index contributed by atoms with van der Waals surface area (Å²) in [5.41, 5.74) is 5.61. The van der Waals surface area contributed by atoms with Crippen LogP contribution in [0.15, 0.2) is 29.1 Å². The van der Waals surface area contributed by atoms with Crippen molar-refractivity contribution < 1.29 is 5.11 Å². The van der Waals surface area contributed by atoms with Gasteiger partial charge in [-0.25, -0.2) is 4.79 Å². The Morgan fingerprint density at radius 3 is 3.00 bits per heavy atom. The van der Waals surface area contributed by atoms with E-state index in [1.165, 1.54) is 16.8 Å². The molecule has 0 aliphatic carbocycles. The second kappa shape index (κ2) is 4.84. The number of aryl methyl sites for hydroxylation is 1. The number of phenolic OH excluding ortho intramolecular Hbond substituents is 1. The molecule has 2 rings (SSSR count). The molecule has 6 nitrogen and oxygen atoms in total. The first-order chi connectivity index (χ1) is 8.20. The highest BCUT2D eigenvalue weighted by Crippen LogP contribution is 2.12. The van der Waals surface area contributed by atoms with Gasteiger partial charge < -0.3 is 10.8 Å². The SMILES string of the molecule is NCCCc1nn(-c2cccc(O)c2)c(=O)[nH]1. The van der Waals surface area contributed by atoms with E-state index < -0.39 is 0 Å². The Hall–Kier alpha value is -2.08. The van der Waals surface area contributed by atoms with Gasteiger partial charge in [0, 0.05) is 12.5 Å². The minimum Gasteiger partial charge on any atom is -0.508 e. The summed E-state index contributed by atoms with van der Waals surface area (Å²) in [6, 6.07) is 6.38. The van der Waals surface area contributed by atoms with Gasteiger partial charge in [-0.05, 0) is 25.1 Å². The van der Waals surface area contributed by atoms with Gasteiger partial charge in [-0.3, -0.25) is 4.98 Å². The number of aromatic hydroxyl groups is 1. The number of nitrogens with two attached hydrogens (primary N) is 1. The van der Waals surface area contributed by atoms with E-state index in [9.17, 15) is 9.90 Å². The lowest BCUT2D eigenvalue weighted by molar-refractivity contribution is 0.474. The quantitative estimate of drug-likeness (QED) is 0.701. The molecule has 4 N–H and O–H groups in total. The summed E-state index contributed by atoms with van der Waals surface area (Å²) in [4.78, 5) is 14.3. The molecule has 0 saturated heterocycles. The molecule has 0 bridgehead atoms. The third-order valence-corrected chi connectivity index (χ3v) is 2.36. The summed E-state index contributed by atoms with van der Waals surface area (Å²) in [5.74, 6) is 0.699. The summed E-state index contributed by atoms with van der Waals surface area (Å²) in [5, 5.41) is 13.5. The van der Waals surface area contributed by atoms with Gasteiger partial charge in [-0.2, -0.15) is 9.78 Å². The highest BCUT2D eigenvalue weighted by Gasteiger charge is 2.06. The average molecular weight is 234 g/mol. The number of aromatic amines is 1. The van der Waals surface area contributed by atoms with Crippen molar-refractivity contribution in [3.63, 3.8) is 0 Å². The first kappa shape index (κ1) is 11.4. The number of hydrogen-bond acceptors (Lipinski definition) is 4. The fraction of sp³-hybridized carbons (Fsp3) is 0.273. The molecule has 0 atom stereocenters. The molecule has 0 unspecified atom stereocenters. The third kappa shape index (κ3) is 2.54. The molecular formula is C11H14N4O2. The normalized spacial score (nSPS) is 10.6. The van der Waals surface area contributed by atoms with E-state index in [2.05, 4.69) is 10.1 Å². The van der Waals surface area contributed by atoms with Crippen molar-refractivity contribution in [1.82, 2.24) is 14.8 Å². The van der Waals surface area contributed by atoms with E-state index in [1.54, 1.807) is 12.1 Å². The van der Waals surface area contributed by atoms with E-state index in [-0.39, 0.29) is 11.4 Å². The lowest BCUT2D eigenvalue weighted by Gasteiger charge is -1.99. The Bertz CT molecular complexity index is 559. The van der Waals surface area contributed by atoms with Crippen LogP contribution >= 0.6 is 0 Å². The molecule has 0 amide bonds. The molecule has 0 spiro atoms. The van der Waals surface area contributed by atoms with Crippen LogP contribution in [0.3, 0.4) is 0 Å². The van der Waals surface area contributed by atoms with E-state index in [1.807, 2.05) is 0 Å². The maximum Gasteiger partial charge on any atom is 0.348 e. The van der Waals surface area contributed by atoms with Crippen molar-refractivity contribution in [2.75, 3.05) is 6.54 Å². The van der Waals surface area contributed by atoms with Crippen molar-refractivity contribution in [2.45, 2.75) is 12.8 Å². The number of rotatable bonds is 4. The molecule has 90 valence electrons. The van der Waals surface area contributed by atoms with Crippen molar-refractivity contribution >= 4 is 0 Å². The Morgan fingerprint density at radius 1 is 1.47 bits per heavy atom. The minimum absolute atomic E-state index is 0.0981. The Balaban J connectivity index is 2.33. The predicted molar refractivity (Wildman–Crippen MR) is 63.2 cm³/mol. The highest BCUT2D eigenvalue weighted by molar-refractivity contribution is 5.37. The smallest absolute Gasteiger partial charge is 0.348 e. The van der Waals surface area contributed by atoms with Gasteiger partial charge in [-0.15, -0.1) is 0 Å². The molecule has 0 aliphatic heterocycles. The first-order valence-corrected chi connectivity index (χ1v) is 5.38. The maximum absolute atomic E-state index is 11.6. The topological polar surface area (TPSA) is 96.9 Å².